The Morgan fingerprint density at radius 2 is 2.11 bits per heavy atom. The van der Waals surface area contributed by atoms with Crippen molar-refractivity contribution in [2.24, 2.45) is 11.7 Å². The maximum absolute atomic E-state index is 12.0. The Morgan fingerprint density at radius 3 is 2.78 bits per heavy atom. The lowest BCUT2D eigenvalue weighted by atomic mass is 9.93. The van der Waals surface area contributed by atoms with Crippen LogP contribution in [0.1, 0.15) is 29.6 Å². The molecule has 1 aromatic carbocycles. The standard InChI is InChI=1S/C14H16N2O2/c15-13(17)11-7-4-8-12(9-11)16-14(18)10-5-2-1-3-6-10/h1-2,4,7-10H,3,5-6H2,(H2,15,17)(H,16,18)/t10-/m1/s1. The first-order valence-corrected chi connectivity index (χ1v) is 6.02. The molecule has 4 nitrogen and oxygen atoms in total. The van der Waals surface area contributed by atoms with E-state index in [-0.39, 0.29) is 11.8 Å². The van der Waals surface area contributed by atoms with Gasteiger partial charge in [-0.1, -0.05) is 18.2 Å². The molecule has 0 unspecified atom stereocenters. The predicted molar refractivity (Wildman–Crippen MR) is 70.1 cm³/mol. The number of carbonyl (C=O) groups excluding carboxylic acids is 2. The number of hydrogen-bond acceptors (Lipinski definition) is 2. The highest BCUT2D eigenvalue weighted by Gasteiger charge is 2.18. The summed E-state index contributed by atoms with van der Waals surface area (Å²) < 4.78 is 0. The van der Waals surface area contributed by atoms with Crippen molar-refractivity contribution >= 4 is 17.5 Å². The second-order valence-corrected chi connectivity index (χ2v) is 4.42. The average molecular weight is 244 g/mol. The van der Waals surface area contributed by atoms with Crippen molar-refractivity contribution in [2.75, 3.05) is 5.32 Å². The van der Waals surface area contributed by atoms with Gasteiger partial charge in [-0.2, -0.15) is 0 Å². The van der Waals surface area contributed by atoms with Crippen LogP contribution in [0.2, 0.25) is 0 Å². The number of anilines is 1. The number of amides is 2. The molecule has 0 fully saturated rings. The molecule has 3 N–H and O–H groups in total. The monoisotopic (exact) mass is 244 g/mol. The molecule has 2 amide bonds. The number of rotatable bonds is 3. The van der Waals surface area contributed by atoms with Crippen LogP contribution in [0.25, 0.3) is 0 Å². The summed E-state index contributed by atoms with van der Waals surface area (Å²) in [6, 6.07) is 6.68. The Morgan fingerprint density at radius 1 is 1.28 bits per heavy atom. The summed E-state index contributed by atoms with van der Waals surface area (Å²) in [5.41, 5.74) is 6.21. The largest absolute Gasteiger partial charge is 0.366 e. The fourth-order valence-corrected chi connectivity index (χ4v) is 2.03. The minimum absolute atomic E-state index is 0.000899. The van der Waals surface area contributed by atoms with E-state index in [0.717, 1.165) is 19.3 Å². The molecule has 2 rings (SSSR count). The molecule has 0 saturated carbocycles. The summed E-state index contributed by atoms with van der Waals surface area (Å²) in [6.07, 6.45) is 6.73. The van der Waals surface area contributed by atoms with Crippen LogP contribution in [0.5, 0.6) is 0 Å². The molecule has 4 heteroatoms. The summed E-state index contributed by atoms with van der Waals surface area (Å²) in [6.45, 7) is 0. The zero-order valence-corrected chi connectivity index (χ0v) is 10.1. The number of allylic oxidation sites excluding steroid dienone is 2. The molecule has 0 heterocycles. The normalized spacial score (nSPS) is 18.3. The number of primary amides is 1. The lowest BCUT2D eigenvalue weighted by Gasteiger charge is -2.17. The van der Waals surface area contributed by atoms with Crippen molar-refractivity contribution in [1.82, 2.24) is 0 Å². The van der Waals surface area contributed by atoms with Crippen LogP contribution in [0.15, 0.2) is 36.4 Å². The van der Waals surface area contributed by atoms with Gasteiger partial charge in [-0.3, -0.25) is 9.59 Å². The molecule has 1 aliphatic carbocycles. The number of carbonyl (C=O) groups is 2. The Hall–Kier alpha value is -2.10. The van der Waals surface area contributed by atoms with E-state index in [1.54, 1.807) is 24.3 Å². The van der Waals surface area contributed by atoms with Gasteiger partial charge in [0.2, 0.25) is 11.8 Å². The highest BCUT2D eigenvalue weighted by molar-refractivity contribution is 5.96. The average Bonchev–Trinajstić information content (AvgIpc) is 2.40. The number of hydrogen-bond donors (Lipinski definition) is 2. The fraction of sp³-hybridized carbons (Fsp3) is 0.286. The van der Waals surface area contributed by atoms with Crippen LogP contribution < -0.4 is 11.1 Å². The van der Waals surface area contributed by atoms with Gasteiger partial charge in [-0.05, 0) is 37.5 Å². The molecule has 1 aromatic rings. The number of nitrogens with two attached hydrogens (primary N) is 1. The van der Waals surface area contributed by atoms with Gasteiger partial charge in [0.15, 0.2) is 0 Å². The van der Waals surface area contributed by atoms with Crippen LogP contribution in [-0.2, 0) is 4.79 Å². The van der Waals surface area contributed by atoms with Gasteiger partial charge in [0, 0.05) is 17.2 Å². The first kappa shape index (κ1) is 12.4. The van der Waals surface area contributed by atoms with Gasteiger partial charge in [0.1, 0.15) is 0 Å². The van der Waals surface area contributed by atoms with Crippen LogP contribution in [-0.4, -0.2) is 11.8 Å². The number of benzene rings is 1. The lowest BCUT2D eigenvalue weighted by molar-refractivity contribution is -0.120. The molecule has 0 bridgehead atoms. The van der Waals surface area contributed by atoms with E-state index in [9.17, 15) is 9.59 Å². The van der Waals surface area contributed by atoms with Crippen molar-refractivity contribution in [3.8, 4) is 0 Å². The summed E-state index contributed by atoms with van der Waals surface area (Å²) in [5, 5.41) is 2.83. The Bertz CT molecular complexity index is 494. The number of nitrogens with one attached hydrogen (secondary N) is 1. The van der Waals surface area contributed by atoms with Crippen LogP contribution in [0, 0.1) is 5.92 Å². The van der Waals surface area contributed by atoms with Gasteiger partial charge in [-0.15, -0.1) is 0 Å². The molecule has 0 aliphatic heterocycles. The molecule has 0 saturated heterocycles. The van der Waals surface area contributed by atoms with Gasteiger partial charge in [0.05, 0.1) is 0 Å². The molecule has 18 heavy (non-hydrogen) atoms. The SMILES string of the molecule is NC(=O)c1cccc(NC(=O)[C@@H]2CC=CCC2)c1. The Kier molecular flexibility index (Phi) is 3.77. The third-order valence-electron chi connectivity index (χ3n) is 3.05. The van der Waals surface area contributed by atoms with Crippen molar-refractivity contribution < 1.29 is 9.59 Å². The quantitative estimate of drug-likeness (QED) is 0.799. The smallest absolute Gasteiger partial charge is 0.248 e. The van der Waals surface area contributed by atoms with E-state index in [1.807, 2.05) is 6.08 Å². The van der Waals surface area contributed by atoms with Gasteiger partial charge < -0.3 is 11.1 Å². The second-order valence-electron chi connectivity index (χ2n) is 4.42. The lowest BCUT2D eigenvalue weighted by Crippen LogP contribution is -2.23. The van der Waals surface area contributed by atoms with E-state index >= 15 is 0 Å². The van der Waals surface area contributed by atoms with E-state index < -0.39 is 5.91 Å². The van der Waals surface area contributed by atoms with E-state index in [0.29, 0.717) is 11.3 Å². The van der Waals surface area contributed by atoms with Crippen molar-refractivity contribution in [2.45, 2.75) is 19.3 Å². The molecule has 0 radical (unpaired) electrons. The fourth-order valence-electron chi connectivity index (χ4n) is 2.03. The third kappa shape index (κ3) is 2.97. The van der Waals surface area contributed by atoms with Crippen LogP contribution >= 0.6 is 0 Å². The van der Waals surface area contributed by atoms with Gasteiger partial charge in [-0.25, -0.2) is 0 Å². The molecule has 0 aromatic heterocycles. The Balaban J connectivity index is 2.04. The van der Waals surface area contributed by atoms with Crippen molar-refractivity contribution in [1.29, 1.82) is 0 Å². The topological polar surface area (TPSA) is 72.2 Å². The van der Waals surface area contributed by atoms with E-state index in [2.05, 4.69) is 11.4 Å². The van der Waals surface area contributed by atoms with E-state index in [1.165, 1.54) is 0 Å². The molecule has 0 spiro atoms. The maximum atomic E-state index is 12.0. The maximum Gasteiger partial charge on any atom is 0.248 e. The van der Waals surface area contributed by atoms with Crippen LogP contribution in [0.3, 0.4) is 0 Å². The molecular weight excluding hydrogens is 228 g/mol. The van der Waals surface area contributed by atoms with Crippen molar-refractivity contribution in [3.63, 3.8) is 0 Å². The minimum atomic E-state index is -0.494. The predicted octanol–water partition coefficient (Wildman–Crippen LogP) is 2.08. The molecular formula is C14H16N2O2. The second kappa shape index (κ2) is 5.49. The summed E-state index contributed by atoms with van der Waals surface area (Å²) in [7, 11) is 0. The first-order valence-electron chi connectivity index (χ1n) is 6.02. The van der Waals surface area contributed by atoms with E-state index in [4.69, 9.17) is 5.73 Å². The third-order valence-corrected chi connectivity index (χ3v) is 3.05. The summed E-state index contributed by atoms with van der Waals surface area (Å²) in [4.78, 5) is 23.0. The summed E-state index contributed by atoms with van der Waals surface area (Å²) in [5.74, 6) is -0.472. The van der Waals surface area contributed by atoms with Gasteiger partial charge in [0.25, 0.3) is 0 Å². The first-order chi connectivity index (χ1) is 8.66. The van der Waals surface area contributed by atoms with Crippen molar-refractivity contribution in [3.05, 3.63) is 42.0 Å². The minimum Gasteiger partial charge on any atom is -0.366 e. The zero-order valence-electron chi connectivity index (χ0n) is 10.1. The highest BCUT2D eigenvalue weighted by atomic mass is 16.2. The van der Waals surface area contributed by atoms with Gasteiger partial charge >= 0.3 is 0 Å². The molecule has 1 aliphatic rings. The Labute approximate surface area is 106 Å². The molecule has 94 valence electrons. The highest BCUT2D eigenvalue weighted by Crippen LogP contribution is 2.20. The summed E-state index contributed by atoms with van der Waals surface area (Å²) >= 11 is 0. The van der Waals surface area contributed by atoms with Crippen LogP contribution in [0.4, 0.5) is 5.69 Å². The molecule has 1 atom stereocenters. The zero-order chi connectivity index (χ0) is 13.0.